The Morgan fingerprint density at radius 3 is 2.58 bits per heavy atom. The number of H-pyrrole nitrogens is 1. The molecule has 3 N–H and O–H groups in total. The molecule has 4 rings (SSSR count). The second kappa shape index (κ2) is 11.0. The van der Waals surface area contributed by atoms with Gasteiger partial charge in [-0.05, 0) is 25.6 Å². The standard InChI is InChI=1S/C25H28F2N6O4S/c1-4-33(25(28-3)7-9-32(10-8-25)14(2)34)24(37)20-22(36)21(35)17(13-29-20)23-31-30-19(38-23)11-15-5-6-16(26)12-18(15)27/h5-6,12-13,28,36H,4,7-11H2,1-3H3,(H,29,35). The zero-order chi connectivity index (χ0) is 27.6. The van der Waals surface area contributed by atoms with Gasteiger partial charge in [0.15, 0.2) is 16.5 Å². The fourth-order valence-electron chi connectivity index (χ4n) is 4.73. The van der Waals surface area contributed by atoms with Crippen molar-refractivity contribution in [2.24, 2.45) is 0 Å². The van der Waals surface area contributed by atoms with E-state index in [1.165, 1.54) is 19.2 Å². The van der Waals surface area contributed by atoms with Crippen molar-refractivity contribution in [2.45, 2.75) is 38.8 Å². The van der Waals surface area contributed by atoms with Crippen LogP contribution in [0.4, 0.5) is 8.78 Å². The first-order valence-electron chi connectivity index (χ1n) is 12.1. The highest BCUT2D eigenvalue weighted by Gasteiger charge is 2.42. The number of halogens is 2. The van der Waals surface area contributed by atoms with Crippen LogP contribution < -0.4 is 10.7 Å². The van der Waals surface area contributed by atoms with Gasteiger partial charge >= 0.3 is 0 Å². The summed E-state index contributed by atoms with van der Waals surface area (Å²) in [6.07, 6.45) is 2.29. The molecule has 0 unspecified atom stereocenters. The van der Waals surface area contributed by atoms with Crippen molar-refractivity contribution < 1.29 is 23.5 Å². The van der Waals surface area contributed by atoms with Gasteiger partial charge in [0.05, 0.1) is 11.2 Å². The maximum absolute atomic E-state index is 14.0. The van der Waals surface area contributed by atoms with E-state index < -0.39 is 34.4 Å². The normalized spacial score (nSPS) is 14.9. The molecule has 2 aromatic heterocycles. The van der Waals surface area contributed by atoms with Crippen molar-refractivity contribution in [1.82, 2.24) is 30.3 Å². The summed E-state index contributed by atoms with van der Waals surface area (Å²) in [6.45, 7) is 4.51. The Kier molecular flexibility index (Phi) is 7.88. The molecule has 10 nitrogen and oxygen atoms in total. The van der Waals surface area contributed by atoms with Crippen LogP contribution >= 0.6 is 11.3 Å². The Labute approximate surface area is 221 Å². The van der Waals surface area contributed by atoms with E-state index in [-0.39, 0.29) is 34.2 Å². The van der Waals surface area contributed by atoms with E-state index in [9.17, 15) is 28.3 Å². The van der Waals surface area contributed by atoms with Crippen LogP contribution in [-0.4, -0.2) is 74.2 Å². The van der Waals surface area contributed by atoms with Crippen molar-refractivity contribution in [3.05, 3.63) is 62.5 Å². The third-order valence-electron chi connectivity index (χ3n) is 6.90. The van der Waals surface area contributed by atoms with Gasteiger partial charge in [0.25, 0.3) is 5.91 Å². The van der Waals surface area contributed by atoms with Crippen molar-refractivity contribution in [1.29, 1.82) is 0 Å². The van der Waals surface area contributed by atoms with Crippen LogP contribution in [0.3, 0.4) is 0 Å². The molecule has 1 aliphatic rings. The second-order valence-corrected chi connectivity index (χ2v) is 10.1. The molecule has 202 valence electrons. The lowest BCUT2D eigenvalue weighted by molar-refractivity contribution is -0.131. The highest BCUT2D eigenvalue weighted by atomic mass is 32.1. The average Bonchev–Trinajstić information content (AvgIpc) is 3.36. The van der Waals surface area contributed by atoms with Crippen molar-refractivity contribution in [3.8, 4) is 16.3 Å². The zero-order valence-corrected chi connectivity index (χ0v) is 22.0. The molecule has 38 heavy (non-hydrogen) atoms. The lowest BCUT2D eigenvalue weighted by Crippen LogP contribution is -2.64. The minimum Gasteiger partial charge on any atom is -0.503 e. The van der Waals surface area contributed by atoms with Gasteiger partial charge in [-0.3, -0.25) is 19.7 Å². The Hall–Kier alpha value is -3.71. The van der Waals surface area contributed by atoms with E-state index in [0.29, 0.717) is 37.5 Å². The van der Waals surface area contributed by atoms with Crippen molar-refractivity contribution >= 4 is 23.2 Å². The molecule has 0 bridgehead atoms. The first-order valence-corrected chi connectivity index (χ1v) is 12.9. The summed E-state index contributed by atoms with van der Waals surface area (Å²) in [5.74, 6) is -2.76. The summed E-state index contributed by atoms with van der Waals surface area (Å²) in [5.41, 5.74) is -1.60. The number of carbonyl (C=O) groups excluding carboxylic acids is 2. The maximum Gasteiger partial charge on any atom is 0.275 e. The zero-order valence-electron chi connectivity index (χ0n) is 21.2. The van der Waals surface area contributed by atoms with Gasteiger partial charge < -0.3 is 19.9 Å². The van der Waals surface area contributed by atoms with Gasteiger partial charge in [-0.15, -0.1) is 10.2 Å². The van der Waals surface area contributed by atoms with E-state index in [2.05, 4.69) is 20.5 Å². The molecular weight excluding hydrogens is 518 g/mol. The van der Waals surface area contributed by atoms with Gasteiger partial charge in [-0.2, -0.15) is 0 Å². The Morgan fingerprint density at radius 2 is 1.97 bits per heavy atom. The highest BCUT2D eigenvalue weighted by Crippen LogP contribution is 2.30. The number of carbonyl (C=O) groups is 2. The topological polar surface area (TPSA) is 132 Å². The third-order valence-corrected chi connectivity index (χ3v) is 7.86. The molecule has 0 atom stereocenters. The lowest BCUT2D eigenvalue weighted by Gasteiger charge is -2.48. The van der Waals surface area contributed by atoms with E-state index in [0.717, 1.165) is 23.5 Å². The number of nitrogens with one attached hydrogen (secondary N) is 2. The van der Waals surface area contributed by atoms with Crippen LogP contribution in [0.25, 0.3) is 10.6 Å². The molecule has 0 aliphatic carbocycles. The molecule has 0 saturated carbocycles. The minimum absolute atomic E-state index is 0.00326. The average molecular weight is 547 g/mol. The Morgan fingerprint density at radius 1 is 1.26 bits per heavy atom. The smallest absolute Gasteiger partial charge is 0.275 e. The molecule has 1 fully saturated rings. The molecule has 0 radical (unpaired) electrons. The van der Waals surface area contributed by atoms with Crippen LogP contribution in [0.2, 0.25) is 0 Å². The molecule has 2 amide bonds. The van der Waals surface area contributed by atoms with Crippen LogP contribution in [-0.2, 0) is 11.2 Å². The third kappa shape index (κ3) is 5.16. The molecule has 3 aromatic rings. The van der Waals surface area contributed by atoms with Gasteiger partial charge in [0.2, 0.25) is 11.3 Å². The van der Waals surface area contributed by atoms with E-state index in [1.807, 2.05) is 0 Å². The van der Waals surface area contributed by atoms with Crippen LogP contribution in [0.5, 0.6) is 5.75 Å². The predicted molar refractivity (Wildman–Crippen MR) is 137 cm³/mol. The van der Waals surface area contributed by atoms with Crippen molar-refractivity contribution in [2.75, 3.05) is 26.7 Å². The summed E-state index contributed by atoms with van der Waals surface area (Å²) < 4.78 is 27.2. The van der Waals surface area contributed by atoms with Gasteiger partial charge in [-0.25, -0.2) is 8.78 Å². The monoisotopic (exact) mass is 546 g/mol. The van der Waals surface area contributed by atoms with Crippen LogP contribution in [0, 0.1) is 11.6 Å². The number of hydrogen-bond acceptors (Lipinski definition) is 8. The Balaban J connectivity index is 1.58. The lowest BCUT2D eigenvalue weighted by atomic mass is 9.94. The molecule has 1 aromatic carbocycles. The first kappa shape index (κ1) is 27.3. The number of piperidine rings is 1. The maximum atomic E-state index is 14.0. The fourth-order valence-corrected chi connectivity index (χ4v) is 5.60. The van der Waals surface area contributed by atoms with Gasteiger partial charge in [-0.1, -0.05) is 17.4 Å². The first-order chi connectivity index (χ1) is 18.1. The van der Waals surface area contributed by atoms with Crippen LogP contribution in [0.1, 0.15) is 47.7 Å². The van der Waals surface area contributed by atoms with Crippen LogP contribution in [0.15, 0.2) is 29.2 Å². The SMILES string of the molecule is CCN(C(=O)c1[nH]cc(-c2nnc(Cc3ccc(F)cc3F)s2)c(=O)c1O)C1(NC)CCN(C(C)=O)CC1. The summed E-state index contributed by atoms with van der Waals surface area (Å²) in [5, 5.41) is 22.5. The van der Waals surface area contributed by atoms with E-state index in [1.54, 1.807) is 23.8 Å². The van der Waals surface area contributed by atoms with Crippen molar-refractivity contribution in [3.63, 3.8) is 0 Å². The summed E-state index contributed by atoms with van der Waals surface area (Å²) >= 11 is 1.02. The number of aromatic hydroxyl groups is 1. The summed E-state index contributed by atoms with van der Waals surface area (Å²) in [4.78, 5) is 44.3. The quantitative estimate of drug-likeness (QED) is 0.388. The molecule has 0 spiro atoms. The fraction of sp³-hybridized carbons (Fsp3) is 0.400. The summed E-state index contributed by atoms with van der Waals surface area (Å²) in [6, 6.07) is 3.23. The number of benzene rings is 1. The number of hydrogen-bond donors (Lipinski definition) is 3. The minimum atomic E-state index is -0.802. The van der Waals surface area contributed by atoms with Gasteiger partial charge in [0, 0.05) is 58.1 Å². The molecule has 1 saturated heterocycles. The number of nitrogens with zero attached hydrogens (tertiary/aromatic N) is 4. The molecule has 3 heterocycles. The number of rotatable bonds is 7. The number of aromatic nitrogens is 3. The van der Waals surface area contributed by atoms with E-state index >= 15 is 0 Å². The Bertz CT molecular complexity index is 1420. The molecule has 1 aliphatic heterocycles. The number of aromatic amines is 1. The number of amides is 2. The number of likely N-dealkylation sites (tertiary alicyclic amines) is 1. The number of pyridine rings is 1. The van der Waals surface area contributed by atoms with E-state index in [4.69, 9.17) is 0 Å². The molecular formula is C25H28F2N6O4S. The van der Waals surface area contributed by atoms with Gasteiger partial charge in [0.1, 0.15) is 16.6 Å². The highest BCUT2D eigenvalue weighted by molar-refractivity contribution is 7.14. The largest absolute Gasteiger partial charge is 0.503 e. The summed E-state index contributed by atoms with van der Waals surface area (Å²) in [7, 11) is 1.73. The molecule has 13 heteroatoms. The second-order valence-electron chi connectivity index (χ2n) is 9.01. The predicted octanol–water partition coefficient (Wildman–Crippen LogP) is 2.49.